The topological polar surface area (TPSA) is 84.7 Å². The number of carbonyl (C=O) groups is 1. The van der Waals surface area contributed by atoms with Gasteiger partial charge in [0.25, 0.3) is 5.91 Å². The molecule has 1 aromatic carbocycles. The average Bonchev–Trinajstić information content (AvgIpc) is 3.14. The van der Waals surface area contributed by atoms with E-state index in [9.17, 15) is 4.79 Å². The standard InChI is InChI=1S/C21H28N6OS/c1-4-12-29-21-25-18(23-13-15(2)3)17-14-24-27(19(17)26-21)11-10-22-20(28)16-8-6-5-7-9-16/h5-9,14-15H,4,10-13H2,1-3H3,(H,22,28)(H,23,25,26). The maximum atomic E-state index is 12.2. The van der Waals surface area contributed by atoms with Crippen LogP contribution in [0.5, 0.6) is 0 Å². The van der Waals surface area contributed by atoms with E-state index in [-0.39, 0.29) is 5.91 Å². The Morgan fingerprint density at radius 1 is 1.21 bits per heavy atom. The van der Waals surface area contributed by atoms with Gasteiger partial charge in [-0.15, -0.1) is 0 Å². The minimum Gasteiger partial charge on any atom is -0.369 e. The predicted octanol–water partition coefficient (Wildman–Crippen LogP) is 3.83. The number of amides is 1. The number of rotatable bonds is 10. The van der Waals surface area contributed by atoms with Crippen LogP contribution in [0.25, 0.3) is 11.0 Å². The van der Waals surface area contributed by atoms with E-state index in [2.05, 4.69) is 41.5 Å². The lowest BCUT2D eigenvalue weighted by atomic mass is 10.2. The van der Waals surface area contributed by atoms with Crippen LogP contribution in [0.15, 0.2) is 41.7 Å². The van der Waals surface area contributed by atoms with Crippen molar-refractivity contribution in [3.63, 3.8) is 0 Å². The molecule has 0 aliphatic rings. The lowest BCUT2D eigenvalue weighted by Gasteiger charge is -2.11. The molecule has 0 saturated carbocycles. The van der Waals surface area contributed by atoms with Crippen LogP contribution in [0.2, 0.25) is 0 Å². The van der Waals surface area contributed by atoms with Crippen LogP contribution >= 0.6 is 11.8 Å². The van der Waals surface area contributed by atoms with E-state index >= 15 is 0 Å². The summed E-state index contributed by atoms with van der Waals surface area (Å²) in [6.45, 7) is 8.32. The number of hydrogen-bond donors (Lipinski definition) is 2. The van der Waals surface area contributed by atoms with E-state index in [0.29, 0.717) is 24.6 Å². The van der Waals surface area contributed by atoms with Crippen molar-refractivity contribution < 1.29 is 4.79 Å². The molecule has 3 aromatic rings. The minimum absolute atomic E-state index is 0.0878. The monoisotopic (exact) mass is 412 g/mol. The molecule has 8 heteroatoms. The number of anilines is 1. The lowest BCUT2D eigenvalue weighted by molar-refractivity contribution is 0.0952. The highest BCUT2D eigenvalue weighted by atomic mass is 32.2. The fourth-order valence-corrected chi connectivity index (χ4v) is 3.45. The van der Waals surface area contributed by atoms with Crippen molar-refractivity contribution in [1.29, 1.82) is 0 Å². The first-order valence-corrected chi connectivity index (χ1v) is 11.0. The molecule has 3 rings (SSSR count). The van der Waals surface area contributed by atoms with Gasteiger partial charge >= 0.3 is 0 Å². The third-order valence-corrected chi connectivity index (χ3v) is 5.29. The van der Waals surface area contributed by atoms with E-state index in [1.54, 1.807) is 30.1 Å². The Morgan fingerprint density at radius 2 is 2.00 bits per heavy atom. The van der Waals surface area contributed by atoms with Crippen LogP contribution in [0.1, 0.15) is 37.6 Å². The summed E-state index contributed by atoms with van der Waals surface area (Å²) in [6, 6.07) is 9.21. The second-order valence-corrected chi connectivity index (χ2v) is 8.27. The largest absolute Gasteiger partial charge is 0.369 e. The van der Waals surface area contributed by atoms with Gasteiger partial charge < -0.3 is 10.6 Å². The third-order valence-electron chi connectivity index (χ3n) is 4.23. The number of carbonyl (C=O) groups excluding carboxylic acids is 1. The van der Waals surface area contributed by atoms with Crippen LogP contribution < -0.4 is 10.6 Å². The fraction of sp³-hybridized carbons (Fsp3) is 0.429. The molecule has 154 valence electrons. The van der Waals surface area contributed by atoms with Crippen molar-refractivity contribution in [2.24, 2.45) is 5.92 Å². The Kier molecular flexibility index (Phi) is 7.46. The highest BCUT2D eigenvalue weighted by Gasteiger charge is 2.14. The lowest BCUT2D eigenvalue weighted by Crippen LogP contribution is -2.27. The van der Waals surface area contributed by atoms with Crippen LogP contribution in [0.3, 0.4) is 0 Å². The number of nitrogens with zero attached hydrogens (tertiary/aromatic N) is 4. The minimum atomic E-state index is -0.0878. The Balaban J connectivity index is 1.75. The normalized spacial score (nSPS) is 11.2. The molecule has 0 unspecified atom stereocenters. The van der Waals surface area contributed by atoms with Crippen LogP contribution in [-0.2, 0) is 6.54 Å². The first-order chi connectivity index (χ1) is 14.1. The molecule has 0 bridgehead atoms. The smallest absolute Gasteiger partial charge is 0.251 e. The maximum Gasteiger partial charge on any atom is 0.251 e. The first-order valence-electron chi connectivity index (χ1n) is 10.0. The molecule has 0 atom stereocenters. The van der Waals surface area contributed by atoms with Crippen molar-refractivity contribution in [1.82, 2.24) is 25.1 Å². The van der Waals surface area contributed by atoms with Crippen LogP contribution in [-0.4, -0.2) is 44.5 Å². The fourth-order valence-electron chi connectivity index (χ4n) is 2.76. The molecule has 7 nitrogen and oxygen atoms in total. The van der Waals surface area contributed by atoms with E-state index < -0.39 is 0 Å². The van der Waals surface area contributed by atoms with Gasteiger partial charge in [-0.2, -0.15) is 5.10 Å². The Labute approximate surface area is 175 Å². The molecule has 0 radical (unpaired) electrons. The highest BCUT2D eigenvalue weighted by Crippen LogP contribution is 2.25. The van der Waals surface area contributed by atoms with Gasteiger partial charge in [0.15, 0.2) is 10.8 Å². The molecule has 0 saturated heterocycles. The van der Waals surface area contributed by atoms with Gasteiger partial charge in [-0.3, -0.25) is 4.79 Å². The van der Waals surface area contributed by atoms with Crippen molar-refractivity contribution in [2.75, 3.05) is 24.2 Å². The summed E-state index contributed by atoms with van der Waals surface area (Å²) >= 11 is 1.65. The van der Waals surface area contributed by atoms with Crippen molar-refractivity contribution in [3.05, 3.63) is 42.1 Å². The number of thioether (sulfide) groups is 1. The van der Waals surface area contributed by atoms with Gasteiger partial charge in [-0.05, 0) is 24.5 Å². The number of aromatic nitrogens is 4. The number of hydrogen-bond acceptors (Lipinski definition) is 6. The van der Waals surface area contributed by atoms with Gasteiger partial charge in [0.2, 0.25) is 0 Å². The van der Waals surface area contributed by atoms with Crippen molar-refractivity contribution >= 4 is 34.5 Å². The number of benzene rings is 1. The first kappa shape index (κ1) is 21.1. The summed E-state index contributed by atoms with van der Waals surface area (Å²) in [5.41, 5.74) is 1.44. The molecule has 2 aromatic heterocycles. The Bertz CT molecular complexity index is 941. The van der Waals surface area contributed by atoms with Crippen LogP contribution in [0.4, 0.5) is 5.82 Å². The average molecular weight is 413 g/mol. The summed E-state index contributed by atoms with van der Waals surface area (Å²) < 4.78 is 1.83. The third kappa shape index (κ3) is 5.69. The molecule has 2 heterocycles. The summed E-state index contributed by atoms with van der Waals surface area (Å²) in [5, 5.41) is 12.5. The van der Waals surface area contributed by atoms with E-state index in [4.69, 9.17) is 4.98 Å². The molecule has 0 fully saturated rings. The molecule has 0 spiro atoms. The zero-order valence-corrected chi connectivity index (χ0v) is 18.0. The predicted molar refractivity (Wildman–Crippen MR) is 118 cm³/mol. The zero-order valence-electron chi connectivity index (χ0n) is 17.2. The van der Waals surface area contributed by atoms with Crippen molar-refractivity contribution in [3.8, 4) is 0 Å². The second kappa shape index (κ2) is 10.2. The van der Waals surface area contributed by atoms with E-state index in [1.807, 2.05) is 22.9 Å². The molecule has 1 amide bonds. The SMILES string of the molecule is CCCSc1nc(NCC(C)C)c2cnn(CCNC(=O)c3ccccc3)c2n1. The van der Waals surface area contributed by atoms with Gasteiger partial charge in [-0.25, -0.2) is 14.6 Å². The number of fused-ring (bicyclic) bond motifs is 1. The van der Waals surface area contributed by atoms with Gasteiger partial charge in [0.05, 0.1) is 18.1 Å². The highest BCUT2D eigenvalue weighted by molar-refractivity contribution is 7.99. The van der Waals surface area contributed by atoms with Gasteiger partial charge in [-0.1, -0.05) is 50.7 Å². The molecule has 2 N–H and O–H groups in total. The van der Waals surface area contributed by atoms with Crippen LogP contribution in [0, 0.1) is 5.92 Å². The maximum absolute atomic E-state index is 12.2. The van der Waals surface area contributed by atoms with E-state index in [1.165, 1.54) is 0 Å². The van der Waals surface area contributed by atoms with Gasteiger partial charge in [0, 0.05) is 24.4 Å². The molecule has 0 aliphatic carbocycles. The summed E-state index contributed by atoms with van der Waals surface area (Å²) in [5.74, 6) is 2.21. The summed E-state index contributed by atoms with van der Waals surface area (Å²) in [6.07, 6.45) is 2.86. The van der Waals surface area contributed by atoms with Crippen molar-refractivity contribution in [2.45, 2.75) is 38.9 Å². The number of nitrogens with one attached hydrogen (secondary N) is 2. The Hall–Kier alpha value is -2.61. The molecular weight excluding hydrogens is 384 g/mol. The van der Waals surface area contributed by atoms with Gasteiger partial charge in [0.1, 0.15) is 5.82 Å². The quantitative estimate of drug-likeness (QED) is 0.389. The van der Waals surface area contributed by atoms with E-state index in [0.717, 1.165) is 40.7 Å². The Morgan fingerprint density at radius 3 is 2.72 bits per heavy atom. The molecular formula is C21H28N6OS. The second-order valence-electron chi connectivity index (χ2n) is 7.20. The molecule has 0 aliphatic heterocycles. The molecule has 29 heavy (non-hydrogen) atoms. The summed E-state index contributed by atoms with van der Waals surface area (Å²) in [7, 11) is 0. The zero-order chi connectivity index (χ0) is 20.6. The summed E-state index contributed by atoms with van der Waals surface area (Å²) in [4.78, 5) is 21.6.